The first-order valence-electron chi connectivity index (χ1n) is 9.15. The van der Waals surface area contributed by atoms with E-state index in [2.05, 4.69) is 15.1 Å². The molecule has 3 heterocycles. The number of methoxy groups -OCH3 is 1. The van der Waals surface area contributed by atoms with Crippen LogP contribution >= 0.6 is 0 Å². The van der Waals surface area contributed by atoms with Gasteiger partial charge in [-0.25, -0.2) is 13.8 Å². The first-order chi connectivity index (χ1) is 14.7. The molecule has 1 fully saturated rings. The Morgan fingerprint density at radius 1 is 1.26 bits per heavy atom. The molecule has 0 atom stereocenters. The Morgan fingerprint density at radius 2 is 1.94 bits per heavy atom. The summed E-state index contributed by atoms with van der Waals surface area (Å²) < 4.78 is 72.8. The Hall–Kier alpha value is -3.03. The maximum Gasteiger partial charge on any atom is 0.435 e. The van der Waals surface area contributed by atoms with Crippen molar-refractivity contribution in [2.75, 3.05) is 44.8 Å². The molecule has 0 bridgehead atoms. The standard InChI is InChI=1S/C17H19F5N6O3/c1-31-10-2-3-23-16(24-10)27-6-4-26(5-7-27)15(30)11-12(14(18)19)28(8-9-29)25-13(11)17(20,21)22/h2-3,14,29H,4-9H2,1H3. The molecule has 1 aliphatic heterocycles. The lowest BCUT2D eigenvalue weighted by atomic mass is 10.1. The maximum atomic E-state index is 13.6. The van der Waals surface area contributed by atoms with Crippen LogP contribution in [0.1, 0.15) is 28.2 Å². The van der Waals surface area contributed by atoms with Gasteiger partial charge in [0.2, 0.25) is 11.8 Å². The third-order valence-corrected chi connectivity index (χ3v) is 4.67. The van der Waals surface area contributed by atoms with Crippen LogP contribution in [0.3, 0.4) is 0 Å². The highest BCUT2D eigenvalue weighted by Crippen LogP contribution is 2.36. The lowest BCUT2D eigenvalue weighted by Crippen LogP contribution is -2.49. The summed E-state index contributed by atoms with van der Waals surface area (Å²) in [5, 5.41) is 12.1. The van der Waals surface area contributed by atoms with E-state index in [4.69, 9.17) is 9.84 Å². The first kappa shape index (κ1) is 22.7. The molecule has 3 rings (SSSR count). The third kappa shape index (κ3) is 4.68. The van der Waals surface area contributed by atoms with Gasteiger partial charge in [0.15, 0.2) is 5.69 Å². The normalized spacial score (nSPS) is 15.0. The number of hydrogen-bond acceptors (Lipinski definition) is 7. The second kappa shape index (κ2) is 8.99. The number of aromatic nitrogens is 4. The smallest absolute Gasteiger partial charge is 0.435 e. The average Bonchev–Trinajstić information content (AvgIpc) is 3.14. The lowest BCUT2D eigenvalue weighted by Gasteiger charge is -2.34. The Morgan fingerprint density at radius 3 is 2.48 bits per heavy atom. The summed E-state index contributed by atoms with van der Waals surface area (Å²) in [5.41, 5.74) is -4.05. The number of halogens is 5. The molecule has 1 amide bonds. The molecule has 0 radical (unpaired) electrons. The molecule has 0 unspecified atom stereocenters. The van der Waals surface area contributed by atoms with Crippen LogP contribution in [0.25, 0.3) is 0 Å². The van der Waals surface area contributed by atoms with Gasteiger partial charge in [-0.2, -0.15) is 23.3 Å². The van der Waals surface area contributed by atoms with E-state index in [0.717, 1.165) is 4.90 Å². The van der Waals surface area contributed by atoms with Crippen molar-refractivity contribution in [2.24, 2.45) is 0 Å². The van der Waals surface area contributed by atoms with Gasteiger partial charge in [-0.05, 0) is 0 Å². The van der Waals surface area contributed by atoms with Gasteiger partial charge in [0, 0.05) is 38.4 Å². The number of aliphatic hydroxyl groups is 1. The topological polar surface area (TPSA) is 96.6 Å². The van der Waals surface area contributed by atoms with Crippen LogP contribution in [0.5, 0.6) is 5.88 Å². The van der Waals surface area contributed by atoms with E-state index in [0.29, 0.717) is 16.5 Å². The highest BCUT2D eigenvalue weighted by atomic mass is 19.4. The number of hydrogen-bond donors (Lipinski definition) is 1. The summed E-state index contributed by atoms with van der Waals surface area (Å²) in [6.07, 6.45) is -7.04. The number of amides is 1. The summed E-state index contributed by atoms with van der Waals surface area (Å²) >= 11 is 0. The maximum absolute atomic E-state index is 13.6. The van der Waals surface area contributed by atoms with E-state index < -0.39 is 48.6 Å². The molecule has 0 aromatic carbocycles. The molecule has 1 saturated heterocycles. The van der Waals surface area contributed by atoms with Gasteiger partial charge in [-0.3, -0.25) is 9.48 Å². The number of ether oxygens (including phenoxy) is 1. The number of rotatable bonds is 6. The SMILES string of the molecule is COc1ccnc(N2CCN(C(=O)c3c(C(F)(F)F)nn(CCO)c3C(F)F)CC2)n1. The zero-order valence-corrected chi connectivity index (χ0v) is 16.3. The number of carbonyl (C=O) groups excluding carboxylic acids is 1. The molecular formula is C17H19F5N6O3. The minimum absolute atomic E-state index is 0.0371. The Labute approximate surface area is 173 Å². The number of carbonyl (C=O) groups is 1. The van der Waals surface area contributed by atoms with Crippen LogP contribution in [-0.2, 0) is 12.7 Å². The van der Waals surface area contributed by atoms with Gasteiger partial charge in [0.1, 0.15) is 5.69 Å². The summed E-state index contributed by atoms with van der Waals surface area (Å²) in [6.45, 7) is -1.04. The second-order valence-corrected chi connectivity index (χ2v) is 6.53. The predicted octanol–water partition coefficient (Wildman–Crippen LogP) is 1.59. The minimum Gasteiger partial charge on any atom is -0.481 e. The van der Waals surface area contributed by atoms with Gasteiger partial charge >= 0.3 is 6.18 Å². The van der Waals surface area contributed by atoms with Crippen LogP contribution in [0.15, 0.2) is 12.3 Å². The molecule has 2 aromatic heterocycles. The number of aliphatic hydroxyl groups excluding tert-OH is 1. The molecule has 0 spiro atoms. The van der Waals surface area contributed by atoms with Crippen LogP contribution < -0.4 is 9.64 Å². The largest absolute Gasteiger partial charge is 0.481 e. The van der Waals surface area contributed by atoms with Crippen molar-refractivity contribution in [2.45, 2.75) is 19.1 Å². The molecule has 1 N–H and O–H groups in total. The first-order valence-corrected chi connectivity index (χ1v) is 9.15. The zero-order chi connectivity index (χ0) is 22.8. The van der Waals surface area contributed by atoms with Crippen LogP contribution in [0.4, 0.5) is 27.9 Å². The number of nitrogens with zero attached hydrogens (tertiary/aromatic N) is 6. The lowest BCUT2D eigenvalue weighted by molar-refractivity contribution is -0.142. The van der Waals surface area contributed by atoms with Crippen molar-refractivity contribution in [3.8, 4) is 5.88 Å². The summed E-state index contributed by atoms with van der Waals surface area (Å²) in [4.78, 5) is 23.9. The van der Waals surface area contributed by atoms with Crippen molar-refractivity contribution < 1.29 is 36.6 Å². The minimum atomic E-state index is -5.12. The van der Waals surface area contributed by atoms with Crippen molar-refractivity contribution in [3.63, 3.8) is 0 Å². The van der Waals surface area contributed by atoms with E-state index in [-0.39, 0.29) is 26.2 Å². The van der Waals surface area contributed by atoms with Crippen molar-refractivity contribution >= 4 is 11.9 Å². The Bertz CT molecular complexity index is 927. The fourth-order valence-electron chi connectivity index (χ4n) is 3.24. The highest BCUT2D eigenvalue weighted by molar-refractivity contribution is 5.97. The highest BCUT2D eigenvalue weighted by Gasteiger charge is 2.44. The fourth-order valence-corrected chi connectivity index (χ4v) is 3.24. The van der Waals surface area contributed by atoms with Crippen LogP contribution in [-0.4, -0.2) is 75.6 Å². The van der Waals surface area contributed by atoms with Gasteiger partial charge in [0.05, 0.1) is 25.8 Å². The molecule has 9 nitrogen and oxygen atoms in total. The zero-order valence-electron chi connectivity index (χ0n) is 16.3. The summed E-state index contributed by atoms with van der Waals surface area (Å²) in [6, 6.07) is 1.54. The Kier molecular flexibility index (Phi) is 6.57. The van der Waals surface area contributed by atoms with E-state index in [1.807, 2.05) is 0 Å². The average molecular weight is 450 g/mol. The van der Waals surface area contributed by atoms with Crippen molar-refractivity contribution in [1.82, 2.24) is 24.6 Å². The monoisotopic (exact) mass is 450 g/mol. The predicted molar refractivity (Wildman–Crippen MR) is 96.0 cm³/mol. The molecule has 31 heavy (non-hydrogen) atoms. The molecular weight excluding hydrogens is 431 g/mol. The number of piperazine rings is 1. The van der Waals surface area contributed by atoms with Gasteiger partial charge in [0.25, 0.3) is 12.3 Å². The molecule has 170 valence electrons. The van der Waals surface area contributed by atoms with E-state index in [9.17, 15) is 26.7 Å². The third-order valence-electron chi connectivity index (χ3n) is 4.67. The molecule has 1 aliphatic rings. The van der Waals surface area contributed by atoms with Gasteiger partial charge < -0.3 is 19.6 Å². The Balaban J connectivity index is 1.86. The molecule has 0 saturated carbocycles. The van der Waals surface area contributed by atoms with E-state index in [1.165, 1.54) is 19.4 Å². The summed E-state index contributed by atoms with van der Waals surface area (Å²) in [5.74, 6) is -0.569. The number of alkyl halides is 5. The quantitative estimate of drug-likeness (QED) is 0.668. The molecule has 0 aliphatic carbocycles. The van der Waals surface area contributed by atoms with Crippen molar-refractivity contribution in [3.05, 3.63) is 29.2 Å². The van der Waals surface area contributed by atoms with Crippen LogP contribution in [0.2, 0.25) is 0 Å². The second-order valence-electron chi connectivity index (χ2n) is 6.53. The van der Waals surface area contributed by atoms with Gasteiger partial charge in [-0.1, -0.05) is 0 Å². The fraction of sp³-hybridized carbons (Fsp3) is 0.529. The van der Waals surface area contributed by atoms with Gasteiger partial charge in [-0.15, -0.1) is 0 Å². The molecule has 2 aromatic rings. The van der Waals surface area contributed by atoms with E-state index in [1.54, 1.807) is 4.90 Å². The molecule has 14 heteroatoms. The van der Waals surface area contributed by atoms with Crippen LogP contribution in [0, 0.1) is 0 Å². The van der Waals surface area contributed by atoms with Crippen molar-refractivity contribution in [1.29, 1.82) is 0 Å². The summed E-state index contributed by atoms with van der Waals surface area (Å²) in [7, 11) is 1.43. The number of anilines is 1. The van der Waals surface area contributed by atoms with E-state index >= 15 is 0 Å².